The predicted octanol–water partition coefficient (Wildman–Crippen LogP) is 4.09. The molecule has 0 aliphatic heterocycles. The first-order valence-corrected chi connectivity index (χ1v) is 6.94. The predicted molar refractivity (Wildman–Crippen MR) is 74.4 cm³/mol. The van der Waals surface area contributed by atoms with Gasteiger partial charge in [0.2, 0.25) is 0 Å². The summed E-state index contributed by atoms with van der Waals surface area (Å²) in [5.41, 5.74) is 0.696. The van der Waals surface area contributed by atoms with Gasteiger partial charge >= 0.3 is 0 Å². The van der Waals surface area contributed by atoms with Crippen molar-refractivity contribution in [3.63, 3.8) is 0 Å². The minimum Gasteiger partial charge on any atom is -0.300 e. The molecule has 0 amide bonds. The molecule has 0 unspecified atom stereocenters. The maximum absolute atomic E-state index is 10.8. The van der Waals surface area contributed by atoms with E-state index in [4.69, 9.17) is 0 Å². The Balaban J connectivity index is 0.000000180. The Kier molecular flexibility index (Phi) is 4.89. The van der Waals surface area contributed by atoms with Crippen molar-refractivity contribution in [1.82, 2.24) is 0 Å². The van der Waals surface area contributed by atoms with E-state index in [-0.39, 0.29) is 11.2 Å². The van der Waals surface area contributed by atoms with Gasteiger partial charge in [0.25, 0.3) is 0 Å². The SMILES string of the molecule is CC1(C)C=CC(=O)CC1.CC1(C)CCC(=O)CC1. The van der Waals surface area contributed by atoms with Crippen LogP contribution in [0.4, 0.5) is 0 Å². The summed E-state index contributed by atoms with van der Waals surface area (Å²) in [4.78, 5) is 21.4. The van der Waals surface area contributed by atoms with Crippen LogP contribution >= 0.6 is 0 Å². The average molecular weight is 250 g/mol. The van der Waals surface area contributed by atoms with Crippen LogP contribution in [0.2, 0.25) is 0 Å². The van der Waals surface area contributed by atoms with Crippen LogP contribution in [-0.2, 0) is 9.59 Å². The van der Waals surface area contributed by atoms with Gasteiger partial charge in [-0.1, -0.05) is 33.8 Å². The van der Waals surface area contributed by atoms with Gasteiger partial charge in [-0.15, -0.1) is 0 Å². The highest BCUT2D eigenvalue weighted by Gasteiger charge is 2.24. The van der Waals surface area contributed by atoms with Gasteiger partial charge in [-0.3, -0.25) is 9.59 Å². The van der Waals surface area contributed by atoms with Gasteiger partial charge < -0.3 is 0 Å². The summed E-state index contributed by atoms with van der Waals surface area (Å²) in [7, 11) is 0. The highest BCUT2D eigenvalue weighted by molar-refractivity contribution is 5.90. The molecule has 0 aromatic carbocycles. The number of hydrogen-bond donors (Lipinski definition) is 0. The van der Waals surface area contributed by atoms with E-state index in [0.29, 0.717) is 11.2 Å². The molecule has 0 radical (unpaired) electrons. The van der Waals surface area contributed by atoms with Crippen molar-refractivity contribution in [3.8, 4) is 0 Å². The highest BCUT2D eigenvalue weighted by Crippen LogP contribution is 2.32. The molecule has 1 saturated carbocycles. The summed E-state index contributed by atoms with van der Waals surface area (Å²) in [5.74, 6) is 0.726. The number of Topliss-reactive ketones (excluding diaryl/α,β-unsaturated/α-hetero) is 1. The van der Waals surface area contributed by atoms with Crippen LogP contribution in [0.1, 0.15) is 66.2 Å². The van der Waals surface area contributed by atoms with E-state index < -0.39 is 0 Å². The lowest BCUT2D eigenvalue weighted by molar-refractivity contribution is -0.122. The molecule has 0 aromatic rings. The summed E-state index contributed by atoms with van der Waals surface area (Å²) >= 11 is 0. The standard InChI is InChI=1S/C8H14O.C8H12O/c2*1-8(2)5-3-7(9)4-6-8/h3-6H2,1-2H3;3,5H,4,6H2,1-2H3. The van der Waals surface area contributed by atoms with E-state index in [0.717, 1.165) is 38.5 Å². The van der Waals surface area contributed by atoms with Crippen LogP contribution in [0.15, 0.2) is 12.2 Å². The number of carbonyl (C=O) groups is 2. The van der Waals surface area contributed by atoms with Crippen LogP contribution in [0.3, 0.4) is 0 Å². The van der Waals surface area contributed by atoms with Gasteiger partial charge in [-0.25, -0.2) is 0 Å². The fourth-order valence-corrected chi connectivity index (χ4v) is 2.14. The van der Waals surface area contributed by atoms with Gasteiger partial charge in [0, 0.05) is 19.3 Å². The first-order valence-electron chi connectivity index (χ1n) is 6.94. The average Bonchev–Trinajstić information content (AvgIpc) is 2.28. The number of rotatable bonds is 0. The summed E-state index contributed by atoms with van der Waals surface area (Å²) in [6.07, 6.45) is 9.23. The first-order chi connectivity index (χ1) is 8.20. The van der Waals surface area contributed by atoms with E-state index in [9.17, 15) is 9.59 Å². The Hall–Kier alpha value is -0.920. The Morgan fingerprint density at radius 3 is 1.78 bits per heavy atom. The second kappa shape index (κ2) is 5.81. The molecule has 0 bridgehead atoms. The normalized spacial score (nSPS) is 25.3. The minimum absolute atomic E-state index is 0.258. The monoisotopic (exact) mass is 250 g/mol. The molecule has 1 fully saturated rings. The van der Waals surface area contributed by atoms with Crippen LogP contribution in [0.5, 0.6) is 0 Å². The van der Waals surface area contributed by atoms with Crippen molar-refractivity contribution in [1.29, 1.82) is 0 Å². The Morgan fingerprint density at radius 1 is 0.889 bits per heavy atom. The molecule has 0 atom stereocenters. The molecule has 0 aromatic heterocycles. The summed E-state index contributed by atoms with van der Waals surface area (Å²) in [6, 6.07) is 0. The lowest BCUT2D eigenvalue weighted by Crippen LogP contribution is -2.20. The third-order valence-corrected chi connectivity index (χ3v) is 3.90. The van der Waals surface area contributed by atoms with Gasteiger partial charge in [0.1, 0.15) is 5.78 Å². The molecular formula is C16H26O2. The second-order valence-corrected chi connectivity index (χ2v) is 6.99. The van der Waals surface area contributed by atoms with Crippen molar-refractivity contribution in [2.24, 2.45) is 10.8 Å². The van der Waals surface area contributed by atoms with E-state index in [1.807, 2.05) is 6.08 Å². The number of hydrogen-bond acceptors (Lipinski definition) is 2. The lowest BCUT2D eigenvalue weighted by Gasteiger charge is -2.27. The fraction of sp³-hybridized carbons (Fsp3) is 0.750. The summed E-state index contributed by atoms with van der Waals surface area (Å²) in [6.45, 7) is 8.77. The third kappa shape index (κ3) is 5.61. The molecule has 102 valence electrons. The maximum atomic E-state index is 10.8. The van der Waals surface area contributed by atoms with Crippen molar-refractivity contribution in [2.75, 3.05) is 0 Å². The molecular weight excluding hydrogens is 224 g/mol. The van der Waals surface area contributed by atoms with E-state index in [1.165, 1.54) is 0 Å². The van der Waals surface area contributed by atoms with Gasteiger partial charge in [-0.2, -0.15) is 0 Å². The van der Waals surface area contributed by atoms with E-state index in [2.05, 4.69) is 27.7 Å². The molecule has 0 heterocycles. The Labute approximate surface area is 111 Å². The molecule has 2 rings (SSSR count). The van der Waals surface area contributed by atoms with Crippen molar-refractivity contribution in [3.05, 3.63) is 12.2 Å². The van der Waals surface area contributed by atoms with E-state index >= 15 is 0 Å². The van der Waals surface area contributed by atoms with Crippen molar-refractivity contribution < 1.29 is 9.59 Å². The molecule has 2 nitrogen and oxygen atoms in total. The van der Waals surface area contributed by atoms with Crippen LogP contribution in [-0.4, -0.2) is 11.6 Å². The molecule has 0 spiro atoms. The largest absolute Gasteiger partial charge is 0.300 e. The fourth-order valence-electron chi connectivity index (χ4n) is 2.14. The number of allylic oxidation sites excluding steroid dienone is 2. The molecule has 0 saturated heterocycles. The van der Waals surface area contributed by atoms with Gasteiger partial charge in [0.15, 0.2) is 5.78 Å². The molecule has 0 N–H and O–H groups in total. The third-order valence-electron chi connectivity index (χ3n) is 3.90. The lowest BCUT2D eigenvalue weighted by atomic mass is 9.77. The smallest absolute Gasteiger partial charge is 0.155 e. The zero-order valence-electron chi connectivity index (χ0n) is 12.2. The highest BCUT2D eigenvalue weighted by atomic mass is 16.1. The number of ketones is 2. The van der Waals surface area contributed by atoms with Crippen LogP contribution in [0.25, 0.3) is 0 Å². The minimum atomic E-state index is 0.258. The molecule has 2 aliphatic carbocycles. The zero-order chi connectivity index (χ0) is 13.8. The Bertz CT molecular complexity index is 336. The topological polar surface area (TPSA) is 34.1 Å². The first kappa shape index (κ1) is 15.1. The van der Waals surface area contributed by atoms with Crippen LogP contribution in [0, 0.1) is 10.8 Å². The number of carbonyl (C=O) groups excluding carboxylic acids is 2. The van der Waals surface area contributed by atoms with Crippen molar-refractivity contribution in [2.45, 2.75) is 66.2 Å². The molecule has 2 heteroatoms. The summed E-state index contributed by atoms with van der Waals surface area (Å²) in [5, 5.41) is 0. The quantitative estimate of drug-likeness (QED) is 0.649. The molecule has 2 aliphatic rings. The van der Waals surface area contributed by atoms with E-state index in [1.54, 1.807) is 6.08 Å². The van der Waals surface area contributed by atoms with Gasteiger partial charge in [0.05, 0.1) is 0 Å². The molecule has 18 heavy (non-hydrogen) atoms. The van der Waals surface area contributed by atoms with Crippen molar-refractivity contribution >= 4 is 11.6 Å². The van der Waals surface area contributed by atoms with Gasteiger partial charge in [-0.05, 0) is 36.2 Å². The second-order valence-electron chi connectivity index (χ2n) is 6.99. The Morgan fingerprint density at radius 2 is 1.44 bits per heavy atom. The zero-order valence-corrected chi connectivity index (χ0v) is 12.2. The van der Waals surface area contributed by atoms with Crippen LogP contribution < -0.4 is 0 Å². The summed E-state index contributed by atoms with van der Waals surface area (Å²) < 4.78 is 0. The maximum Gasteiger partial charge on any atom is 0.155 e.